The summed E-state index contributed by atoms with van der Waals surface area (Å²) in [6.45, 7) is 0.477. The van der Waals surface area contributed by atoms with Crippen LogP contribution in [-0.4, -0.2) is 48.1 Å². The van der Waals surface area contributed by atoms with Gasteiger partial charge < -0.3 is 9.47 Å². The third-order valence-electron chi connectivity index (χ3n) is 2.02. The van der Waals surface area contributed by atoms with Gasteiger partial charge in [-0.05, 0) is 12.8 Å². The predicted molar refractivity (Wildman–Crippen MR) is 51.7 cm³/mol. The van der Waals surface area contributed by atoms with Crippen LogP contribution in [0, 0.1) is 0 Å². The molecule has 1 aliphatic rings. The zero-order valence-corrected chi connectivity index (χ0v) is 9.66. The summed E-state index contributed by atoms with van der Waals surface area (Å²) in [6, 6.07) is 0. The third kappa shape index (κ3) is 4.43. The first-order chi connectivity index (χ1) is 7.07. The number of ether oxygens (including phenoxy) is 2. The Hall–Kier alpha value is -0.210. The number of hydrogen-bond donors (Lipinski definition) is 0. The fourth-order valence-electron chi connectivity index (χ4n) is 1.42. The Morgan fingerprint density at radius 2 is 1.47 bits per heavy atom. The van der Waals surface area contributed by atoms with Crippen molar-refractivity contribution in [3.05, 3.63) is 0 Å². The monoisotopic (exact) mass is 240 g/mol. The topological polar surface area (TPSA) is 71.1 Å². The lowest BCUT2D eigenvalue weighted by Crippen LogP contribution is -2.23. The molecule has 0 aromatic heterocycles. The van der Waals surface area contributed by atoms with Crippen molar-refractivity contribution in [3.8, 4) is 0 Å². The van der Waals surface area contributed by atoms with Gasteiger partial charge >= 0.3 is 10.4 Å². The van der Waals surface area contributed by atoms with Gasteiger partial charge in [0.15, 0.2) is 0 Å². The minimum absolute atomic E-state index is 0.238. The summed E-state index contributed by atoms with van der Waals surface area (Å²) in [5, 5.41) is 0. The van der Waals surface area contributed by atoms with Gasteiger partial charge in [0, 0.05) is 14.2 Å². The molecule has 0 aromatic carbocycles. The van der Waals surface area contributed by atoms with Crippen molar-refractivity contribution < 1.29 is 26.3 Å². The minimum Gasteiger partial charge on any atom is -0.382 e. The van der Waals surface area contributed by atoms with E-state index in [1.807, 2.05) is 0 Å². The van der Waals surface area contributed by atoms with Gasteiger partial charge in [0.1, 0.15) is 12.2 Å². The molecular weight excluding hydrogens is 224 g/mol. The molecule has 0 radical (unpaired) electrons. The molecule has 0 unspecified atom stereocenters. The molecule has 0 spiro atoms. The Labute approximate surface area is 89.8 Å². The van der Waals surface area contributed by atoms with Gasteiger partial charge in [-0.3, -0.25) is 0 Å². The van der Waals surface area contributed by atoms with Crippen LogP contribution in [0.3, 0.4) is 0 Å². The first-order valence-corrected chi connectivity index (χ1v) is 6.00. The predicted octanol–water partition coefficient (Wildman–Crippen LogP) is 0.0882. The Morgan fingerprint density at radius 1 is 1.07 bits per heavy atom. The average molecular weight is 240 g/mol. The van der Waals surface area contributed by atoms with Crippen molar-refractivity contribution in [1.82, 2.24) is 0 Å². The van der Waals surface area contributed by atoms with Crippen LogP contribution < -0.4 is 0 Å². The van der Waals surface area contributed by atoms with E-state index in [1.165, 1.54) is 14.2 Å². The van der Waals surface area contributed by atoms with Crippen molar-refractivity contribution in [2.24, 2.45) is 0 Å². The summed E-state index contributed by atoms with van der Waals surface area (Å²) in [7, 11) is -0.933. The summed E-state index contributed by atoms with van der Waals surface area (Å²) < 4.78 is 41.8. The van der Waals surface area contributed by atoms with Crippen LogP contribution in [0.25, 0.3) is 0 Å². The zero-order chi connectivity index (χ0) is 11.3. The highest BCUT2D eigenvalue weighted by atomic mass is 32.3. The van der Waals surface area contributed by atoms with Gasteiger partial charge in [-0.1, -0.05) is 0 Å². The highest BCUT2D eigenvalue weighted by Gasteiger charge is 2.29. The molecule has 1 heterocycles. The van der Waals surface area contributed by atoms with E-state index in [9.17, 15) is 8.42 Å². The van der Waals surface area contributed by atoms with Crippen LogP contribution in [0.5, 0.6) is 0 Å². The highest BCUT2D eigenvalue weighted by Crippen LogP contribution is 2.19. The fourth-order valence-corrected chi connectivity index (χ4v) is 2.43. The first-order valence-electron chi connectivity index (χ1n) is 4.66. The van der Waals surface area contributed by atoms with Crippen LogP contribution in [0.4, 0.5) is 0 Å². The molecule has 0 amide bonds. The van der Waals surface area contributed by atoms with Crippen LogP contribution in [0.15, 0.2) is 0 Å². The fraction of sp³-hybridized carbons (Fsp3) is 1.00. The van der Waals surface area contributed by atoms with Gasteiger partial charge in [0.05, 0.1) is 13.2 Å². The Kier molecular flexibility index (Phi) is 4.94. The van der Waals surface area contributed by atoms with Crippen LogP contribution >= 0.6 is 0 Å². The van der Waals surface area contributed by atoms with Crippen molar-refractivity contribution in [2.45, 2.75) is 25.0 Å². The molecule has 1 aliphatic heterocycles. The Bertz CT molecular complexity index is 253. The molecule has 1 fully saturated rings. The lowest BCUT2D eigenvalue weighted by atomic mass is 10.1. The molecule has 90 valence electrons. The zero-order valence-electron chi connectivity index (χ0n) is 8.84. The molecule has 0 N–H and O–H groups in total. The first kappa shape index (κ1) is 12.9. The molecule has 6 nitrogen and oxygen atoms in total. The summed E-state index contributed by atoms with van der Waals surface area (Å²) >= 11 is 0. The standard InChI is InChI=1S/C8H16O6S/c1-11-5-7-3-4-8(6-12-2)14-15(9,10)13-7/h7-8H,3-6H2,1-2H3/t7-,8-/m0/s1. The normalized spacial score (nSPS) is 31.1. The molecule has 0 aromatic rings. The Balaban J connectivity index is 2.61. The quantitative estimate of drug-likeness (QED) is 0.693. The second-order valence-corrected chi connectivity index (χ2v) is 4.53. The summed E-state index contributed by atoms with van der Waals surface area (Å²) in [5.41, 5.74) is 0. The van der Waals surface area contributed by atoms with Gasteiger partial charge in [0.2, 0.25) is 0 Å². The highest BCUT2D eigenvalue weighted by molar-refractivity contribution is 7.81. The summed E-state index contributed by atoms with van der Waals surface area (Å²) in [6.07, 6.45) is 0.200. The van der Waals surface area contributed by atoms with Gasteiger partial charge in [-0.2, -0.15) is 8.42 Å². The average Bonchev–Trinajstić information content (AvgIpc) is 2.26. The van der Waals surface area contributed by atoms with Crippen molar-refractivity contribution in [2.75, 3.05) is 27.4 Å². The third-order valence-corrected chi connectivity index (χ3v) is 3.04. The molecule has 1 saturated heterocycles. The molecule has 0 bridgehead atoms. The number of rotatable bonds is 4. The Morgan fingerprint density at radius 3 is 1.80 bits per heavy atom. The van der Waals surface area contributed by atoms with E-state index in [0.717, 1.165) is 0 Å². The lowest BCUT2D eigenvalue weighted by Gasteiger charge is -2.11. The van der Waals surface area contributed by atoms with E-state index in [4.69, 9.17) is 17.8 Å². The van der Waals surface area contributed by atoms with Crippen molar-refractivity contribution >= 4 is 10.4 Å². The summed E-state index contributed by atoms with van der Waals surface area (Å²) in [5.74, 6) is 0. The van der Waals surface area contributed by atoms with E-state index >= 15 is 0 Å². The SMILES string of the molecule is COC[C@@H]1CC[C@@H](COC)OS(=O)(=O)O1. The number of hydrogen-bond acceptors (Lipinski definition) is 6. The van der Waals surface area contributed by atoms with Crippen LogP contribution in [-0.2, 0) is 28.2 Å². The smallest absolute Gasteiger partial charge is 0.382 e. The van der Waals surface area contributed by atoms with Gasteiger partial charge in [0.25, 0.3) is 0 Å². The minimum atomic E-state index is -3.92. The van der Waals surface area contributed by atoms with Crippen LogP contribution in [0.1, 0.15) is 12.8 Å². The van der Waals surface area contributed by atoms with E-state index < -0.39 is 22.6 Å². The summed E-state index contributed by atoms with van der Waals surface area (Å²) in [4.78, 5) is 0. The molecule has 0 saturated carbocycles. The van der Waals surface area contributed by atoms with Crippen LogP contribution in [0.2, 0.25) is 0 Å². The van der Waals surface area contributed by atoms with E-state index in [0.29, 0.717) is 12.8 Å². The second-order valence-electron chi connectivity index (χ2n) is 3.33. The van der Waals surface area contributed by atoms with Gasteiger partial charge in [-0.15, -0.1) is 0 Å². The van der Waals surface area contributed by atoms with E-state index in [-0.39, 0.29) is 13.2 Å². The lowest BCUT2D eigenvalue weighted by molar-refractivity contribution is 0.0710. The van der Waals surface area contributed by atoms with E-state index in [1.54, 1.807) is 0 Å². The largest absolute Gasteiger partial charge is 0.400 e. The molecule has 15 heavy (non-hydrogen) atoms. The molecule has 0 aliphatic carbocycles. The molecule has 7 heteroatoms. The maximum atomic E-state index is 11.3. The van der Waals surface area contributed by atoms with Gasteiger partial charge in [-0.25, -0.2) is 8.37 Å². The number of methoxy groups -OCH3 is 2. The molecular formula is C8H16O6S. The van der Waals surface area contributed by atoms with Crippen molar-refractivity contribution in [3.63, 3.8) is 0 Å². The molecule has 1 rings (SSSR count). The molecule has 2 atom stereocenters. The van der Waals surface area contributed by atoms with Crippen molar-refractivity contribution in [1.29, 1.82) is 0 Å². The second kappa shape index (κ2) is 5.76. The maximum Gasteiger partial charge on any atom is 0.400 e. The van der Waals surface area contributed by atoms with E-state index in [2.05, 4.69) is 0 Å². The maximum absolute atomic E-state index is 11.3.